The van der Waals surface area contributed by atoms with Crippen molar-refractivity contribution < 1.29 is 0 Å². The summed E-state index contributed by atoms with van der Waals surface area (Å²) in [5.41, 5.74) is 30.5. The fourth-order valence-electron chi connectivity index (χ4n) is 18.8. The van der Waals surface area contributed by atoms with Crippen LogP contribution in [-0.2, 0) is 0 Å². The van der Waals surface area contributed by atoms with Crippen LogP contribution in [-0.4, -0.2) is 58.1 Å². The molecule has 0 aliphatic carbocycles. The minimum atomic E-state index is 0.653. The van der Waals surface area contributed by atoms with Gasteiger partial charge in [0.2, 0.25) is 0 Å². The topological polar surface area (TPSA) is 129 Å². The van der Waals surface area contributed by atoms with Crippen LogP contribution in [0.2, 0.25) is 0 Å². The minimum Gasteiger partial charge on any atom is -0.299 e. The van der Waals surface area contributed by atoms with Crippen molar-refractivity contribution in [2.45, 2.75) is 0 Å². The van der Waals surface area contributed by atoms with E-state index in [4.69, 9.17) is 44.9 Å². The average Bonchev–Trinajstić information content (AvgIpc) is 1.64. The Kier molecular flexibility index (Phi) is 21.2. The van der Waals surface area contributed by atoms with Gasteiger partial charge in [0.1, 0.15) is 14.5 Å². The van der Waals surface area contributed by atoms with E-state index in [2.05, 4.69) is 304 Å². The first-order valence-electron chi connectivity index (χ1n) is 45.9. The summed E-state index contributed by atoms with van der Waals surface area (Å²) in [6, 6.07) is 165. The molecule has 0 unspecified atom stereocenters. The maximum atomic E-state index is 4.93. The number of para-hydroxylation sites is 4. The van der Waals surface area contributed by atoms with Crippen LogP contribution in [0.4, 0.5) is 0 Å². The third kappa shape index (κ3) is 15.4. The molecule has 15 heteroatoms. The Hall–Kier alpha value is -17.7. The molecule has 9 aromatic heterocycles. The maximum Gasteiger partial charge on any atom is 0.164 e. The molecule has 0 fully saturated rings. The molecule has 27 aromatic rings. The standard InChI is InChI=1S/3C41H26N4S/c1-4-13-27(14-5-1)32-20-12-22-35-37(32)45-34-21-11-10-19-33(34)36(41(45)46-35)28-23-25-31(26-24-28)40-43-38(29-15-6-2-7-16-29)42-39(44-40)30-17-8-3-9-18-30;1-4-12-27(13-5-1)32-24-25-36-35(26-32)45-34-19-11-10-18-33(34)37(41(45)46-36)28-20-22-31(23-21-28)40-43-38(29-14-6-2-7-15-29)42-39(44-40)30-16-8-3-9-17-30;1-4-12-27(13-5-1)32-24-25-35-36(26-32)46-41-37(33-18-10-11-19-34(33)45(35)41)28-20-22-31(23-21-28)40-43-38(29-14-6-2-7-15-29)42-39(44-40)30-16-8-3-9-17-30/h3*1-26H. The van der Waals surface area contributed by atoms with Gasteiger partial charge >= 0.3 is 0 Å². The van der Waals surface area contributed by atoms with Crippen molar-refractivity contribution in [1.29, 1.82) is 0 Å². The van der Waals surface area contributed by atoms with Crippen molar-refractivity contribution in [3.8, 4) is 169 Å². The number of hydrogen-bond donors (Lipinski definition) is 0. The lowest BCUT2D eigenvalue weighted by atomic mass is 10.0. The fraction of sp³-hybridized carbons (Fsp3) is 0. The second kappa shape index (κ2) is 35.7. The van der Waals surface area contributed by atoms with E-state index in [9.17, 15) is 0 Å². The molecule has 0 radical (unpaired) electrons. The Morgan fingerprint density at radius 2 is 0.391 bits per heavy atom. The Morgan fingerprint density at radius 1 is 0.145 bits per heavy atom. The van der Waals surface area contributed by atoms with Gasteiger partial charge in [-0.05, 0) is 93.0 Å². The summed E-state index contributed by atoms with van der Waals surface area (Å²) < 4.78 is 11.1. The molecule has 0 saturated carbocycles. The first-order chi connectivity index (χ1) is 68.4. The van der Waals surface area contributed by atoms with Crippen molar-refractivity contribution in [2.75, 3.05) is 0 Å². The zero-order chi connectivity index (χ0) is 91.4. The number of nitrogens with zero attached hydrogens (tertiary/aromatic N) is 12. The zero-order valence-electron chi connectivity index (χ0n) is 74.1. The summed E-state index contributed by atoms with van der Waals surface area (Å²) in [6.45, 7) is 0. The lowest BCUT2D eigenvalue weighted by Crippen LogP contribution is -2.00. The van der Waals surface area contributed by atoms with Gasteiger partial charge in [0.25, 0.3) is 0 Å². The van der Waals surface area contributed by atoms with Gasteiger partial charge in [0, 0.05) is 88.5 Å². The minimum absolute atomic E-state index is 0.653. The van der Waals surface area contributed by atoms with Crippen molar-refractivity contribution in [1.82, 2.24) is 58.1 Å². The van der Waals surface area contributed by atoms with Crippen LogP contribution in [0.1, 0.15) is 0 Å². The lowest BCUT2D eigenvalue weighted by Gasteiger charge is -2.09. The van der Waals surface area contributed by atoms with Gasteiger partial charge in [-0.25, -0.2) is 44.9 Å². The van der Waals surface area contributed by atoms with Crippen LogP contribution >= 0.6 is 34.0 Å². The second-order valence-corrected chi connectivity index (χ2v) is 37.0. The van der Waals surface area contributed by atoms with Gasteiger partial charge in [-0.2, -0.15) is 0 Å². The molecule has 0 aliphatic heterocycles. The third-order valence-corrected chi connectivity index (χ3v) is 28.8. The van der Waals surface area contributed by atoms with E-state index in [1.54, 1.807) is 0 Å². The van der Waals surface area contributed by atoms with Gasteiger partial charge in [0.05, 0.1) is 47.2 Å². The van der Waals surface area contributed by atoms with E-state index in [0.717, 1.165) is 66.8 Å². The SMILES string of the molecule is c1ccc(-c2ccc3c(c2)sc2c(-c4ccc(-c5nc(-c6ccccc6)nc(-c6ccccc6)n5)cc4)c4ccccc4n23)cc1.c1ccc(-c2ccc3sc4c(-c5ccc(-c6nc(-c7ccccc7)nc(-c7ccccc7)n6)cc5)c5ccccc5n4c3c2)cc1.c1ccc(-c2nc(-c3ccccc3)nc(-c3ccc(-c4c5ccccc5n5c4sc4cccc(-c6ccccc6)c45)cc3)n2)cc1. The number of rotatable bonds is 15. The Morgan fingerprint density at radius 3 is 0.739 bits per heavy atom. The number of hydrogen-bond acceptors (Lipinski definition) is 12. The van der Waals surface area contributed by atoms with Gasteiger partial charge in [-0.15, -0.1) is 34.0 Å². The fourth-order valence-corrected chi connectivity index (χ4v) is 22.6. The average molecular weight is 1820 g/mol. The maximum absolute atomic E-state index is 4.93. The van der Waals surface area contributed by atoms with Crippen LogP contribution < -0.4 is 0 Å². The monoisotopic (exact) mass is 1820 g/mol. The van der Waals surface area contributed by atoms with E-state index in [0.29, 0.717) is 52.4 Å². The molecule has 0 aliphatic rings. The molecule has 9 heterocycles. The van der Waals surface area contributed by atoms with Gasteiger partial charge < -0.3 is 0 Å². The Labute approximate surface area is 806 Å². The number of thiazole rings is 3. The van der Waals surface area contributed by atoms with Crippen molar-refractivity contribution in [2.24, 2.45) is 0 Å². The Balaban J connectivity index is 0.000000110. The number of aromatic nitrogens is 12. The molecule has 0 spiro atoms. The molecule has 0 N–H and O–H groups in total. The molecule has 12 nitrogen and oxygen atoms in total. The molecule has 27 rings (SSSR count). The van der Waals surface area contributed by atoms with Crippen LogP contribution in [0.5, 0.6) is 0 Å². The molecule has 0 bridgehead atoms. The van der Waals surface area contributed by atoms with Gasteiger partial charge in [0.15, 0.2) is 52.4 Å². The molecular formula is C123H78N12S3. The molecular weight excluding hydrogens is 1740 g/mol. The summed E-state index contributed by atoms with van der Waals surface area (Å²) in [4.78, 5) is 47.9. The quantitative estimate of drug-likeness (QED) is 0.0985. The largest absolute Gasteiger partial charge is 0.299 e. The predicted molar refractivity (Wildman–Crippen MR) is 573 cm³/mol. The van der Waals surface area contributed by atoms with Crippen molar-refractivity contribution in [3.05, 3.63) is 473 Å². The highest BCUT2D eigenvalue weighted by atomic mass is 32.1. The molecule has 0 saturated heterocycles. The van der Waals surface area contributed by atoms with Gasteiger partial charge in [-0.3, -0.25) is 13.2 Å². The van der Waals surface area contributed by atoms with Gasteiger partial charge in [-0.1, -0.05) is 425 Å². The summed E-state index contributed by atoms with van der Waals surface area (Å²) in [5.74, 6) is 5.93. The molecule has 648 valence electrons. The lowest BCUT2D eigenvalue weighted by molar-refractivity contribution is 1.07. The zero-order valence-corrected chi connectivity index (χ0v) is 76.6. The van der Waals surface area contributed by atoms with E-state index in [1.807, 2.05) is 216 Å². The van der Waals surface area contributed by atoms with E-state index in [1.165, 1.54) is 128 Å². The van der Waals surface area contributed by atoms with Crippen molar-refractivity contribution in [3.63, 3.8) is 0 Å². The second-order valence-electron chi connectivity index (χ2n) is 33.9. The smallest absolute Gasteiger partial charge is 0.164 e. The molecule has 18 aromatic carbocycles. The Bertz CT molecular complexity index is 8850. The summed E-state index contributed by atoms with van der Waals surface area (Å²) >= 11 is 5.54. The van der Waals surface area contributed by atoms with Crippen LogP contribution in [0, 0.1) is 0 Å². The summed E-state index contributed by atoms with van der Waals surface area (Å²) in [5, 5.41) is 3.73. The predicted octanol–water partition coefficient (Wildman–Crippen LogP) is 32.5. The first kappa shape index (κ1) is 82.2. The highest BCUT2D eigenvalue weighted by Gasteiger charge is 2.26. The van der Waals surface area contributed by atoms with Crippen LogP contribution in [0.25, 0.3) is 247 Å². The number of fused-ring (bicyclic) bond motifs is 15. The highest BCUT2D eigenvalue weighted by molar-refractivity contribution is 7.25. The molecule has 0 amide bonds. The van der Waals surface area contributed by atoms with E-state index in [-0.39, 0.29) is 0 Å². The highest BCUT2D eigenvalue weighted by Crippen LogP contribution is 2.49. The van der Waals surface area contributed by atoms with Crippen LogP contribution in [0.15, 0.2) is 473 Å². The summed E-state index contributed by atoms with van der Waals surface area (Å²) in [6.07, 6.45) is 0. The van der Waals surface area contributed by atoms with E-state index < -0.39 is 0 Å². The first-order valence-corrected chi connectivity index (χ1v) is 48.3. The molecule has 138 heavy (non-hydrogen) atoms. The molecule has 0 atom stereocenters. The van der Waals surface area contributed by atoms with Crippen LogP contribution in [0.3, 0.4) is 0 Å². The summed E-state index contributed by atoms with van der Waals surface area (Å²) in [7, 11) is 0. The van der Waals surface area contributed by atoms with E-state index >= 15 is 0 Å². The van der Waals surface area contributed by atoms with Crippen molar-refractivity contribution >= 4 is 112 Å². The normalized spacial score (nSPS) is 11.5. The third-order valence-electron chi connectivity index (χ3n) is 25.4. The number of benzene rings is 18.